The first-order valence-corrected chi connectivity index (χ1v) is 8.51. The van der Waals surface area contributed by atoms with Crippen molar-refractivity contribution in [1.29, 1.82) is 0 Å². The Kier molecular flexibility index (Phi) is 4.17. The zero-order valence-electron chi connectivity index (χ0n) is 13.0. The van der Waals surface area contributed by atoms with Gasteiger partial charge in [0.05, 0.1) is 17.7 Å². The van der Waals surface area contributed by atoms with E-state index in [-0.39, 0.29) is 4.90 Å². The van der Waals surface area contributed by atoms with E-state index in [4.69, 9.17) is 4.74 Å². The molecule has 1 heterocycles. The summed E-state index contributed by atoms with van der Waals surface area (Å²) in [7, 11) is -2.16. The summed E-state index contributed by atoms with van der Waals surface area (Å²) >= 11 is 0. The first kappa shape index (κ1) is 15.9. The van der Waals surface area contributed by atoms with Gasteiger partial charge in [0.2, 0.25) is 0 Å². The van der Waals surface area contributed by atoms with Gasteiger partial charge < -0.3 is 4.74 Å². The normalized spacial score (nSPS) is 11.2. The number of hydrogen-bond donors (Lipinski definition) is 1. The van der Waals surface area contributed by atoms with Crippen LogP contribution in [-0.2, 0) is 10.0 Å². The highest BCUT2D eigenvalue weighted by Crippen LogP contribution is 2.27. The van der Waals surface area contributed by atoms with Crippen molar-refractivity contribution in [3.8, 4) is 11.4 Å². The minimum absolute atomic E-state index is 0.181. The van der Waals surface area contributed by atoms with Crippen LogP contribution in [0, 0.1) is 6.92 Å². The predicted octanol–water partition coefficient (Wildman–Crippen LogP) is 1.78. The molecular weight excluding hydrogens is 330 g/mol. The molecule has 2 aromatic carbocycles. The highest BCUT2D eigenvalue weighted by atomic mass is 32.2. The van der Waals surface area contributed by atoms with E-state index in [2.05, 4.69) is 20.2 Å². The van der Waals surface area contributed by atoms with Crippen LogP contribution >= 0.6 is 0 Å². The Hall–Kier alpha value is -2.94. The van der Waals surface area contributed by atoms with Gasteiger partial charge in [0.15, 0.2) is 5.82 Å². The summed E-state index contributed by atoms with van der Waals surface area (Å²) in [4.78, 5) is 0.181. The molecule has 0 saturated carbocycles. The second kappa shape index (κ2) is 6.28. The largest absolute Gasteiger partial charge is 0.494 e. The van der Waals surface area contributed by atoms with Crippen LogP contribution in [0.2, 0.25) is 0 Å². The van der Waals surface area contributed by atoms with Crippen LogP contribution in [0.15, 0.2) is 53.4 Å². The summed E-state index contributed by atoms with van der Waals surface area (Å²) in [6.45, 7) is 1.74. The lowest BCUT2D eigenvalue weighted by Gasteiger charge is -2.12. The number of hydrogen-bond acceptors (Lipinski definition) is 6. The van der Waals surface area contributed by atoms with Gasteiger partial charge in [-0.25, -0.2) is 8.42 Å². The molecule has 0 aliphatic carbocycles. The van der Waals surface area contributed by atoms with Gasteiger partial charge in [-0.05, 0) is 47.7 Å². The number of aromatic nitrogens is 4. The summed E-state index contributed by atoms with van der Waals surface area (Å²) in [5.41, 5.74) is 0.915. The summed E-state index contributed by atoms with van der Waals surface area (Å²) in [6.07, 6.45) is 0. The van der Waals surface area contributed by atoms with Crippen molar-refractivity contribution < 1.29 is 13.2 Å². The van der Waals surface area contributed by atoms with Gasteiger partial charge in [0.25, 0.3) is 10.0 Å². The van der Waals surface area contributed by atoms with Gasteiger partial charge >= 0.3 is 0 Å². The van der Waals surface area contributed by atoms with E-state index in [9.17, 15) is 8.42 Å². The number of methoxy groups -OCH3 is 1. The maximum absolute atomic E-state index is 12.4. The number of benzene rings is 2. The molecule has 8 nitrogen and oxygen atoms in total. The number of tetrazole rings is 1. The molecule has 0 saturated heterocycles. The SMILES string of the molecule is COc1ccc(NS(=O)(=O)c2ccccc2)cc1-n1nnnc1C. The molecule has 9 heteroatoms. The van der Waals surface area contributed by atoms with Gasteiger partial charge in [-0.2, -0.15) is 4.68 Å². The van der Waals surface area contributed by atoms with Crippen LogP contribution in [0.25, 0.3) is 5.69 Å². The van der Waals surface area contributed by atoms with Crippen molar-refractivity contribution in [3.05, 3.63) is 54.4 Å². The Morgan fingerprint density at radius 1 is 1.12 bits per heavy atom. The number of nitrogens with zero attached hydrogens (tertiary/aromatic N) is 4. The molecule has 3 aromatic rings. The Morgan fingerprint density at radius 3 is 2.50 bits per heavy atom. The van der Waals surface area contributed by atoms with Crippen molar-refractivity contribution in [2.45, 2.75) is 11.8 Å². The Morgan fingerprint density at radius 2 is 1.88 bits per heavy atom. The first-order chi connectivity index (χ1) is 11.5. The molecule has 124 valence electrons. The van der Waals surface area contributed by atoms with Crippen LogP contribution in [0.5, 0.6) is 5.75 Å². The van der Waals surface area contributed by atoms with Gasteiger partial charge in [-0.3, -0.25) is 4.72 Å². The van der Waals surface area contributed by atoms with Gasteiger partial charge in [0, 0.05) is 0 Å². The maximum atomic E-state index is 12.4. The molecule has 0 spiro atoms. The minimum Gasteiger partial charge on any atom is -0.494 e. The number of ether oxygens (including phenoxy) is 1. The van der Waals surface area contributed by atoms with Crippen LogP contribution in [0.4, 0.5) is 5.69 Å². The minimum atomic E-state index is -3.68. The first-order valence-electron chi connectivity index (χ1n) is 7.02. The fraction of sp³-hybridized carbons (Fsp3) is 0.133. The van der Waals surface area contributed by atoms with Crippen LogP contribution in [0.1, 0.15) is 5.82 Å². The topological polar surface area (TPSA) is 99.0 Å². The van der Waals surface area contributed by atoms with E-state index in [1.54, 1.807) is 43.3 Å². The van der Waals surface area contributed by atoms with Crippen LogP contribution < -0.4 is 9.46 Å². The van der Waals surface area contributed by atoms with Crippen molar-refractivity contribution in [3.63, 3.8) is 0 Å². The third-order valence-corrected chi connectivity index (χ3v) is 4.74. The van der Waals surface area contributed by atoms with E-state index in [0.717, 1.165) is 0 Å². The highest BCUT2D eigenvalue weighted by molar-refractivity contribution is 7.92. The summed E-state index contributed by atoms with van der Waals surface area (Å²) in [6, 6.07) is 13.0. The lowest BCUT2D eigenvalue weighted by Crippen LogP contribution is -2.13. The average molecular weight is 345 g/mol. The van der Waals surface area contributed by atoms with Gasteiger partial charge in [0.1, 0.15) is 11.4 Å². The van der Waals surface area contributed by atoms with Crippen LogP contribution in [0.3, 0.4) is 0 Å². The smallest absolute Gasteiger partial charge is 0.261 e. The van der Waals surface area contributed by atoms with E-state index < -0.39 is 10.0 Å². The lowest BCUT2D eigenvalue weighted by molar-refractivity contribution is 0.411. The third kappa shape index (κ3) is 3.06. The molecule has 0 aliphatic heterocycles. The van der Waals surface area contributed by atoms with E-state index >= 15 is 0 Å². The van der Waals surface area contributed by atoms with E-state index in [0.29, 0.717) is 22.9 Å². The predicted molar refractivity (Wildman–Crippen MR) is 87.7 cm³/mol. The standard InChI is InChI=1S/C15H15N5O3S/c1-11-16-18-19-20(11)14-10-12(8-9-15(14)23-2)17-24(21,22)13-6-4-3-5-7-13/h3-10,17H,1-2H3. The second-order valence-electron chi connectivity index (χ2n) is 4.94. The molecule has 24 heavy (non-hydrogen) atoms. The van der Waals surface area contributed by atoms with E-state index in [1.807, 2.05) is 0 Å². The molecule has 0 unspecified atom stereocenters. The summed E-state index contributed by atoms with van der Waals surface area (Å²) in [5, 5.41) is 11.3. The average Bonchev–Trinajstić information content (AvgIpc) is 3.01. The molecule has 0 amide bonds. The molecule has 0 bridgehead atoms. The third-order valence-electron chi connectivity index (χ3n) is 3.34. The lowest BCUT2D eigenvalue weighted by atomic mass is 10.2. The fourth-order valence-electron chi connectivity index (χ4n) is 2.19. The number of sulfonamides is 1. The Labute approximate surface area is 139 Å². The summed E-state index contributed by atoms with van der Waals surface area (Å²) < 4.78 is 34.2. The maximum Gasteiger partial charge on any atom is 0.261 e. The zero-order chi connectivity index (χ0) is 17.2. The molecule has 0 atom stereocenters. The highest BCUT2D eigenvalue weighted by Gasteiger charge is 2.16. The van der Waals surface area contributed by atoms with Crippen molar-refractivity contribution in [2.75, 3.05) is 11.8 Å². The molecule has 0 aliphatic rings. The van der Waals surface area contributed by atoms with E-state index in [1.165, 1.54) is 23.9 Å². The second-order valence-corrected chi connectivity index (χ2v) is 6.63. The van der Waals surface area contributed by atoms with Crippen molar-refractivity contribution >= 4 is 15.7 Å². The number of rotatable bonds is 5. The van der Waals surface area contributed by atoms with Gasteiger partial charge in [-0.1, -0.05) is 18.2 Å². The molecule has 3 rings (SSSR count). The molecule has 0 radical (unpaired) electrons. The Bertz CT molecular complexity index is 954. The van der Waals surface area contributed by atoms with Crippen molar-refractivity contribution in [2.24, 2.45) is 0 Å². The van der Waals surface area contributed by atoms with Crippen LogP contribution in [-0.4, -0.2) is 35.7 Å². The monoisotopic (exact) mass is 345 g/mol. The molecular formula is C15H15N5O3S. The number of aryl methyl sites for hydroxylation is 1. The number of anilines is 1. The van der Waals surface area contributed by atoms with Crippen molar-refractivity contribution in [1.82, 2.24) is 20.2 Å². The number of nitrogens with one attached hydrogen (secondary N) is 1. The summed E-state index contributed by atoms with van der Waals surface area (Å²) in [5.74, 6) is 1.07. The molecule has 1 aromatic heterocycles. The van der Waals surface area contributed by atoms with Gasteiger partial charge in [-0.15, -0.1) is 5.10 Å². The molecule has 0 fully saturated rings. The quantitative estimate of drug-likeness (QED) is 0.757. The zero-order valence-corrected chi connectivity index (χ0v) is 13.9. The fourth-order valence-corrected chi connectivity index (χ4v) is 3.26. The molecule has 1 N–H and O–H groups in total. The Balaban J connectivity index is 2.00.